The van der Waals surface area contributed by atoms with Crippen LogP contribution in [0.1, 0.15) is 28.8 Å². The number of carbonyl (C=O) groups is 1. The molecule has 6 heteroatoms. The fourth-order valence-corrected chi connectivity index (χ4v) is 3.18. The van der Waals surface area contributed by atoms with Gasteiger partial charge in [0.2, 0.25) is 0 Å². The maximum atomic E-state index is 13.3. The predicted octanol–water partition coefficient (Wildman–Crippen LogP) is 2.88. The zero-order chi connectivity index (χ0) is 18.0. The van der Waals surface area contributed by atoms with Crippen molar-refractivity contribution in [3.05, 3.63) is 65.2 Å². The van der Waals surface area contributed by atoms with E-state index in [0.29, 0.717) is 24.8 Å². The number of carbonyl (C=O) groups excluding carboxylic acids is 1. The Bertz CT molecular complexity index is 786. The molecule has 1 saturated heterocycles. The molecule has 1 amide bonds. The van der Waals surface area contributed by atoms with E-state index in [2.05, 4.69) is 0 Å². The predicted molar refractivity (Wildman–Crippen MR) is 88.3 cm³/mol. The Morgan fingerprint density at radius 2 is 1.76 bits per heavy atom. The lowest BCUT2D eigenvalue weighted by atomic mass is 9.85. The number of hydrogen-bond donors (Lipinski definition) is 2. The van der Waals surface area contributed by atoms with E-state index in [-0.39, 0.29) is 30.2 Å². The highest BCUT2D eigenvalue weighted by molar-refractivity contribution is 5.96. The Labute approximate surface area is 144 Å². The summed E-state index contributed by atoms with van der Waals surface area (Å²) in [5, 5.41) is 20.5. The summed E-state index contributed by atoms with van der Waals surface area (Å²) in [6, 6.07) is 9.32. The molecule has 0 aromatic heterocycles. The fourth-order valence-electron chi connectivity index (χ4n) is 3.18. The molecule has 0 atom stereocenters. The summed E-state index contributed by atoms with van der Waals surface area (Å²) in [6.07, 6.45) is 0.953. The van der Waals surface area contributed by atoms with E-state index in [9.17, 15) is 23.8 Å². The first kappa shape index (κ1) is 17.4. The van der Waals surface area contributed by atoms with Crippen molar-refractivity contribution in [2.75, 3.05) is 13.1 Å². The number of halogens is 2. The molecule has 2 aromatic carbocycles. The van der Waals surface area contributed by atoms with Gasteiger partial charge >= 0.3 is 0 Å². The summed E-state index contributed by atoms with van der Waals surface area (Å²) in [4.78, 5) is 13.9. The Hall–Kier alpha value is -2.47. The molecule has 2 aromatic rings. The monoisotopic (exact) mass is 347 g/mol. The van der Waals surface area contributed by atoms with Crippen molar-refractivity contribution in [3.63, 3.8) is 0 Å². The number of aromatic hydroxyl groups is 1. The molecule has 4 nitrogen and oxygen atoms in total. The van der Waals surface area contributed by atoms with Crippen LogP contribution < -0.4 is 0 Å². The van der Waals surface area contributed by atoms with Crippen LogP contribution in [0.4, 0.5) is 8.78 Å². The van der Waals surface area contributed by atoms with Crippen LogP contribution in [-0.4, -0.2) is 39.7 Å². The van der Waals surface area contributed by atoms with E-state index in [4.69, 9.17) is 0 Å². The highest BCUT2D eigenvalue weighted by atomic mass is 19.1. The third kappa shape index (κ3) is 3.96. The molecule has 2 N–H and O–H groups in total. The summed E-state index contributed by atoms with van der Waals surface area (Å²) < 4.78 is 26.6. The molecule has 0 spiro atoms. The van der Waals surface area contributed by atoms with Crippen LogP contribution in [0, 0.1) is 11.6 Å². The number of hydrogen-bond acceptors (Lipinski definition) is 3. The number of phenolic OH excluding ortho intramolecular Hbond substituents is 1. The zero-order valence-electron chi connectivity index (χ0n) is 13.6. The van der Waals surface area contributed by atoms with E-state index in [0.717, 1.165) is 18.2 Å². The maximum Gasteiger partial charge on any atom is 0.257 e. The van der Waals surface area contributed by atoms with E-state index >= 15 is 0 Å². The maximum absolute atomic E-state index is 13.3. The number of piperidine rings is 1. The summed E-state index contributed by atoms with van der Waals surface area (Å²) in [6.45, 7) is 0.557. The molecule has 1 aliphatic rings. The Morgan fingerprint density at radius 3 is 2.44 bits per heavy atom. The third-order valence-corrected chi connectivity index (χ3v) is 4.59. The third-order valence-electron chi connectivity index (χ3n) is 4.59. The van der Waals surface area contributed by atoms with Crippen LogP contribution >= 0.6 is 0 Å². The molecule has 1 heterocycles. The lowest BCUT2D eigenvalue weighted by Crippen LogP contribution is -2.47. The van der Waals surface area contributed by atoms with E-state index in [1.54, 1.807) is 12.1 Å². The van der Waals surface area contributed by atoms with Crippen molar-refractivity contribution in [1.29, 1.82) is 0 Å². The second kappa shape index (κ2) is 6.80. The molecule has 0 bridgehead atoms. The van der Waals surface area contributed by atoms with E-state index in [1.807, 2.05) is 0 Å². The van der Waals surface area contributed by atoms with Gasteiger partial charge in [0.25, 0.3) is 5.91 Å². The highest BCUT2D eigenvalue weighted by Crippen LogP contribution is 2.29. The quantitative estimate of drug-likeness (QED) is 0.898. The molecule has 0 radical (unpaired) electrons. The summed E-state index contributed by atoms with van der Waals surface area (Å²) in [5.41, 5.74) is -0.408. The normalized spacial score (nSPS) is 16.7. The average molecular weight is 347 g/mol. The van der Waals surface area contributed by atoms with Crippen molar-refractivity contribution in [2.24, 2.45) is 0 Å². The number of aliphatic hydroxyl groups is 1. The summed E-state index contributed by atoms with van der Waals surface area (Å²) in [7, 11) is 0. The van der Waals surface area contributed by atoms with Gasteiger partial charge < -0.3 is 15.1 Å². The smallest absolute Gasteiger partial charge is 0.257 e. The number of benzene rings is 2. The van der Waals surface area contributed by atoms with Crippen molar-refractivity contribution in [2.45, 2.75) is 24.9 Å². The SMILES string of the molecule is O=C(c1cc(F)ccc1O)N1CCC(O)(Cc2cccc(F)c2)CC1. The number of rotatable bonds is 3. The van der Waals surface area contributed by atoms with Crippen LogP contribution in [0.25, 0.3) is 0 Å². The average Bonchev–Trinajstić information content (AvgIpc) is 2.57. The van der Waals surface area contributed by atoms with E-state index in [1.165, 1.54) is 17.0 Å². The Kier molecular flexibility index (Phi) is 4.72. The largest absolute Gasteiger partial charge is 0.507 e. The first-order valence-electron chi connectivity index (χ1n) is 8.11. The molecule has 25 heavy (non-hydrogen) atoms. The van der Waals surface area contributed by atoms with Crippen LogP contribution in [0.15, 0.2) is 42.5 Å². The minimum atomic E-state index is -1.02. The lowest BCUT2D eigenvalue weighted by Gasteiger charge is -2.38. The second-order valence-corrected chi connectivity index (χ2v) is 6.48. The van der Waals surface area contributed by atoms with Crippen LogP contribution in [0.3, 0.4) is 0 Å². The van der Waals surface area contributed by atoms with Gasteiger partial charge in [-0.15, -0.1) is 0 Å². The van der Waals surface area contributed by atoms with Gasteiger partial charge in [-0.1, -0.05) is 12.1 Å². The summed E-state index contributed by atoms with van der Waals surface area (Å²) in [5.74, 6) is -1.69. The van der Waals surface area contributed by atoms with Gasteiger partial charge in [0, 0.05) is 19.5 Å². The van der Waals surface area contributed by atoms with Gasteiger partial charge in [-0.3, -0.25) is 4.79 Å². The van der Waals surface area contributed by atoms with Crippen molar-refractivity contribution in [3.8, 4) is 5.75 Å². The molecule has 1 fully saturated rings. The van der Waals surface area contributed by atoms with Gasteiger partial charge in [0.15, 0.2) is 0 Å². The number of nitrogens with zero attached hydrogens (tertiary/aromatic N) is 1. The van der Waals surface area contributed by atoms with Crippen LogP contribution in [-0.2, 0) is 6.42 Å². The molecular formula is C19H19F2NO3. The van der Waals surface area contributed by atoms with Crippen molar-refractivity contribution in [1.82, 2.24) is 4.90 Å². The second-order valence-electron chi connectivity index (χ2n) is 6.48. The fraction of sp³-hybridized carbons (Fsp3) is 0.316. The number of amides is 1. The highest BCUT2D eigenvalue weighted by Gasteiger charge is 2.34. The van der Waals surface area contributed by atoms with Crippen LogP contribution in [0.2, 0.25) is 0 Å². The Morgan fingerprint density at radius 1 is 1.08 bits per heavy atom. The van der Waals surface area contributed by atoms with Gasteiger partial charge in [-0.05, 0) is 48.7 Å². The lowest BCUT2D eigenvalue weighted by molar-refractivity contribution is -0.0163. The topological polar surface area (TPSA) is 60.8 Å². The van der Waals surface area contributed by atoms with Crippen molar-refractivity contribution >= 4 is 5.91 Å². The first-order valence-corrected chi connectivity index (χ1v) is 8.11. The van der Waals surface area contributed by atoms with Gasteiger partial charge in [-0.25, -0.2) is 8.78 Å². The van der Waals surface area contributed by atoms with E-state index < -0.39 is 17.3 Å². The van der Waals surface area contributed by atoms with Gasteiger partial charge in [0.1, 0.15) is 17.4 Å². The van der Waals surface area contributed by atoms with Gasteiger partial charge in [-0.2, -0.15) is 0 Å². The standard InChI is InChI=1S/C19H19F2NO3/c20-14-3-1-2-13(10-14)12-19(25)6-8-22(9-7-19)18(24)16-11-15(21)4-5-17(16)23/h1-5,10-11,23,25H,6-9,12H2. The molecule has 1 aliphatic heterocycles. The first-order chi connectivity index (χ1) is 11.9. The molecule has 0 saturated carbocycles. The Balaban J connectivity index is 1.66. The number of likely N-dealkylation sites (tertiary alicyclic amines) is 1. The zero-order valence-corrected chi connectivity index (χ0v) is 13.6. The number of phenols is 1. The molecule has 0 unspecified atom stereocenters. The minimum Gasteiger partial charge on any atom is -0.507 e. The molecule has 0 aliphatic carbocycles. The van der Waals surface area contributed by atoms with Crippen LogP contribution in [0.5, 0.6) is 5.75 Å². The summed E-state index contributed by atoms with van der Waals surface area (Å²) >= 11 is 0. The minimum absolute atomic E-state index is 0.0874. The molecular weight excluding hydrogens is 328 g/mol. The van der Waals surface area contributed by atoms with Crippen molar-refractivity contribution < 1.29 is 23.8 Å². The van der Waals surface area contributed by atoms with Gasteiger partial charge in [0.05, 0.1) is 11.2 Å². The molecule has 3 rings (SSSR count). The molecule has 132 valence electrons.